The number of nitrogens with zero attached hydrogens (tertiary/aromatic N) is 3. The predicted molar refractivity (Wildman–Crippen MR) is 84.8 cm³/mol. The van der Waals surface area contributed by atoms with Gasteiger partial charge in [-0.05, 0) is 37.1 Å². The van der Waals surface area contributed by atoms with E-state index in [0.717, 1.165) is 24.9 Å². The van der Waals surface area contributed by atoms with Gasteiger partial charge in [0.2, 0.25) is 5.95 Å². The summed E-state index contributed by atoms with van der Waals surface area (Å²) >= 11 is 5.91. The standard InChI is InChI=1S/C15H19ClN4O/c1-3-9-17-14-18-13(11-5-7-12(16)8-6-11)19-15(20-14)21-10-4-2/h5-8H,3-4,9-10H2,1-2H3,(H,17,18,19,20). The SMILES string of the molecule is CCCNc1nc(OCCC)nc(-c2ccc(Cl)cc2)n1. The second kappa shape index (κ2) is 7.78. The van der Waals surface area contributed by atoms with Crippen molar-refractivity contribution in [1.29, 1.82) is 0 Å². The molecule has 0 spiro atoms. The minimum absolute atomic E-state index is 0.343. The minimum Gasteiger partial charge on any atom is -0.463 e. The van der Waals surface area contributed by atoms with Crippen LogP contribution in [0.2, 0.25) is 5.02 Å². The van der Waals surface area contributed by atoms with E-state index in [1.165, 1.54) is 0 Å². The quantitative estimate of drug-likeness (QED) is 0.843. The van der Waals surface area contributed by atoms with Crippen LogP contribution in [0, 0.1) is 0 Å². The average Bonchev–Trinajstić information content (AvgIpc) is 2.51. The number of hydrogen-bond acceptors (Lipinski definition) is 5. The van der Waals surface area contributed by atoms with Gasteiger partial charge in [-0.15, -0.1) is 0 Å². The molecule has 0 fully saturated rings. The fourth-order valence-electron chi connectivity index (χ4n) is 1.66. The molecule has 5 nitrogen and oxygen atoms in total. The Labute approximate surface area is 129 Å². The van der Waals surface area contributed by atoms with E-state index in [1.54, 1.807) is 0 Å². The topological polar surface area (TPSA) is 59.9 Å². The van der Waals surface area contributed by atoms with Crippen molar-refractivity contribution in [2.75, 3.05) is 18.5 Å². The maximum absolute atomic E-state index is 5.91. The molecule has 21 heavy (non-hydrogen) atoms. The van der Waals surface area contributed by atoms with Crippen LogP contribution < -0.4 is 10.1 Å². The lowest BCUT2D eigenvalue weighted by Crippen LogP contribution is -2.09. The number of anilines is 1. The molecule has 0 aliphatic carbocycles. The van der Waals surface area contributed by atoms with Crippen LogP contribution in [0.15, 0.2) is 24.3 Å². The van der Waals surface area contributed by atoms with E-state index in [1.807, 2.05) is 31.2 Å². The van der Waals surface area contributed by atoms with Crippen molar-refractivity contribution >= 4 is 17.5 Å². The van der Waals surface area contributed by atoms with E-state index in [2.05, 4.69) is 27.2 Å². The summed E-state index contributed by atoms with van der Waals surface area (Å²) in [6.07, 6.45) is 1.90. The molecule has 0 unspecified atom stereocenters. The van der Waals surface area contributed by atoms with E-state index in [0.29, 0.717) is 29.4 Å². The van der Waals surface area contributed by atoms with Gasteiger partial charge in [-0.3, -0.25) is 0 Å². The molecule has 0 aliphatic rings. The third-order valence-corrected chi connectivity index (χ3v) is 2.94. The van der Waals surface area contributed by atoms with Crippen LogP contribution in [0.3, 0.4) is 0 Å². The molecule has 0 atom stereocenters. The normalized spacial score (nSPS) is 10.4. The largest absolute Gasteiger partial charge is 0.463 e. The van der Waals surface area contributed by atoms with Gasteiger partial charge in [-0.2, -0.15) is 15.0 Å². The summed E-state index contributed by atoms with van der Waals surface area (Å²) in [6, 6.07) is 7.73. The Morgan fingerprint density at radius 2 is 1.81 bits per heavy atom. The van der Waals surface area contributed by atoms with E-state index in [9.17, 15) is 0 Å². The van der Waals surface area contributed by atoms with Crippen LogP contribution in [0.1, 0.15) is 26.7 Å². The molecule has 1 aromatic carbocycles. The first-order valence-corrected chi connectivity index (χ1v) is 7.49. The Balaban J connectivity index is 2.31. The molecule has 0 radical (unpaired) electrons. The van der Waals surface area contributed by atoms with Crippen molar-refractivity contribution in [3.05, 3.63) is 29.3 Å². The second-order valence-corrected chi connectivity index (χ2v) is 4.98. The fraction of sp³-hybridized carbons (Fsp3) is 0.400. The third-order valence-electron chi connectivity index (χ3n) is 2.69. The summed E-state index contributed by atoms with van der Waals surface area (Å²) in [5, 5.41) is 3.84. The van der Waals surface area contributed by atoms with Gasteiger partial charge in [0.05, 0.1) is 6.61 Å². The lowest BCUT2D eigenvalue weighted by atomic mass is 10.2. The van der Waals surface area contributed by atoms with E-state index in [4.69, 9.17) is 16.3 Å². The van der Waals surface area contributed by atoms with Gasteiger partial charge in [0.25, 0.3) is 0 Å². The van der Waals surface area contributed by atoms with E-state index in [-0.39, 0.29) is 0 Å². The van der Waals surface area contributed by atoms with Gasteiger partial charge in [0.1, 0.15) is 0 Å². The molecule has 2 aromatic rings. The van der Waals surface area contributed by atoms with Gasteiger partial charge >= 0.3 is 6.01 Å². The Morgan fingerprint density at radius 1 is 1.05 bits per heavy atom. The highest BCUT2D eigenvalue weighted by Gasteiger charge is 2.09. The van der Waals surface area contributed by atoms with Crippen molar-refractivity contribution in [3.8, 4) is 17.4 Å². The molecule has 0 saturated heterocycles. The van der Waals surface area contributed by atoms with Gasteiger partial charge in [0, 0.05) is 17.1 Å². The van der Waals surface area contributed by atoms with Crippen LogP contribution >= 0.6 is 11.6 Å². The summed E-state index contributed by atoms with van der Waals surface area (Å²) in [5.74, 6) is 1.11. The molecule has 0 amide bonds. The number of ether oxygens (including phenoxy) is 1. The van der Waals surface area contributed by atoms with Crippen LogP contribution in [-0.4, -0.2) is 28.1 Å². The summed E-state index contributed by atoms with van der Waals surface area (Å²) < 4.78 is 5.53. The van der Waals surface area contributed by atoms with Crippen LogP contribution in [0.25, 0.3) is 11.4 Å². The van der Waals surface area contributed by atoms with Gasteiger partial charge in [-0.25, -0.2) is 0 Å². The summed E-state index contributed by atoms with van der Waals surface area (Å²) in [6.45, 7) is 5.51. The van der Waals surface area contributed by atoms with E-state index >= 15 is 0 Å². The van der Waals surface area contributed by atoms with Crippen LogP contribution in [0.5, 0.6) is 6.01 Å². The first kappa shape index (κ1) is 15.5. The Morgan fingerprint density at radius 3 is 2.48 bits per heavy atom. The highest BCUT2D eigenvalue weighted by atomic mass is 35.5. The number of halogens is 1. The molecular formula is C15H19ClN4O. The van der Waals surface area contributed by atoms with Gasteiger partial charge in [0.15, 0.2) is 5.82 Å². The zero-order valence-corrected chi connectivity index (χ0v) is 13.0. The minimum atomic E-state index is 0.343. The highest BCUT2D eigenvalue weighted by Crippen LogP contribution is 2.21. The first-order chi connectivity index (χ1) is 10.2. The number of hydrogen-bond donors (Lipinski definition) is 1. The van der Waals surface area contributed by atoms with Crippen LogP contribution in [0.4, 0.5) is 5.95 Å². The zero-order chi connectivity index (χ0) is 15.1. The average molecular weight is 307 g/mol. The zero-order valence-electron chi connectivity index (χ0n) is 12.3. The number of benzene rings is 1. The molecule has 2 rings (SSSR count). The molecule has 0 bridgehead atoms. The number of aromatic nitrogens is 3. The highest BCUT2D eigenvalue weighted by molar-refractivity contribution is 6.30. The van der Waals surface area contributed by atoms with Crippen LogP contribution in [-0.2, 0) is 0 Å². The third kappa shape index (κ3) is 4.56. The number of nitrogens with one attached hydrogen (secondary N) is 1. The molecule has 6 heteroatoms. The molecule has 0 aliphatic heterocycles. The first-order valence-electron chi connectivity index (χ1n) is 7.11. The summed E-state index contributed by atoms with van der Waals surface area (Å²) in [5.41, 5.74) is 0.877. The number of rotatable bonds is 7. The maximum atomic E-state index is 5.91. The van der Waals surface area contributed by atoms with Crippen molar-refractivity contribution < 1.29 is 4.74 Å². The summed E-state index contributed by atoms with van der Waals surface area (Å²) in [4.78, 5) is 13.0. The van der Waals surface area contributed by atoms with Crippen molar-refractivity contribution in [1.82, 2.24) is 15.0 Å². The Kier molecular flexibility index (Phi) is 5.75. The monoisotopic (exact) mass is 306 g/mol. The Hall–Kier alpha value is -1.88. The lowest BCUT2D eigenvalue weighted by Gasteiger charge is -2.09. The van der Waals surface area contributed by atoms with Crippen molar-refractivity contribution in [2.45, 2.75) is 26.7 Å². The molecule has 1 aromatic heterocycles. The maximum Gasteiger partial charge on any atom is 0.321 e. The van der Waals surface area contributed by atoms with Crippen molar-refractivity contribution in [3.63, 3.8) is 0 Å². The summed E-state index contributed by atoms with van der Waals surface area (Å²) in [7, 11) is 0. The predicted octanol–water partition coefficient (Wildman–Crippen LogP) is 3.80. The molecule has 112 valence electrons. The Bertz CT molecular complexity index is 548. The molecule has 1 N–H and O–H groups in total. The molecule has 0 saturated carbocycles. The lowest BCUT2D eigenvalue weighted by molar-refractivity contribution is 0.292. The van der Waals surface area contributed by atoms with Gasteiger partial charge < -0.3 is 10.1 Å². The van der Waals surface area contributed by atoms with Crippen molar-refractivity contribution in [2.24, 2.45) is 0 Å². The molecule has 1 heterocycles. The molecular weight excluding hydrogens is 288 g/mol. The van der Waals surface area contributed by atoms with E-state index < -0.39 is 0 Å². The smallest absolute Gasteiger partial charge is 0.321 e. The second-order valence-electron chi connectivity index (χ2n) is 4.55. The fourth-order valence-corrected chi connectivity index (χ4v) is 1.78. The van der Waals surface area contributed by atoms with Gasteiger partial charge in [-0.1, -0.05) is 25.4 Å².